The lowest BCUT2D eigenvalue weighted by molar-refractivity contribution is -0.143. The summed E-state index contributed by atoms with van der Waals surface area (Å²) in [6, 6.07) is 0. The van der Waals surface area contributed by atoms with Gasteiger partial charge in [-0.05, 0) is 0 Å². The van der Waals surface area contributed by atoms with Gasteiger partial charge in [0.05, 0.1) is 12.8 Å². The van der Waals surface area contributed by atoms with Crippen molar-refractivity contribution in [3.8, 4) is 0 Å². The van der Waals surface area contributed by atoms with E-state index in [0.29, 0.717) is 0 Å². The SMILES string of the molecule is CC(=O)O.N=C(N)N.O.O=C(O)CCC(=O)O. The Morgan fingerprint density at radius 2 is 1.12 bits per heavy atom. The van der Waals surface area contributed by atoms with Crippen molar-refractivity contribution in [2.24, 2.45) is 11.5 Å². The molecule has 0 amide bonds. The topological polar surface area (TPSA) is 219 Å². The van der Waals surface area contributed by atoms with Crippen molar-refractivity contribution in [2.45, 2.75) is 19.8 Å². The van der Waals surface area contributed by atoms with Crippen LogP contribution in [0.25, 0.3) is 0 Å². The fourth-order valence-electron chi connectivity index (χ4n) is 0.214. The first-order valence-corrected chi connectivity index (χ1v) is 3.82. The van der Waals surface area contributed by atoms with Crippen molar-refractivity contribution in [1.29, 1.82) is 5.41 Å². The van der Waals surface area contributed by atoms with E-state index in [9.17, 15) is 9.59 Å². The van der Waals surface area contributed by atoms with E-state index in [1.807, 2.05) is 0 Å². The molecule has 0 rings (SSSR count). The first-order chi connectivity index (χ1) is 7.09. The molecule has 0 fully saturated rings. The van der Waals surface area contributed by atoms with Crippen LogP contribution in [0.3, 0.4) is 0 Å². The van der Waals surface area contributed by atoms with Crippen LogP contribution in [0.1, 0.15) is 19.8 Å². The summed E-state index contributed by atoms with van der Waals surface area (Å²) in [6.07, 6.45) is -0.593. The molecule has 10 heteroatoms. The zero-order chi connectivity index (χ0) is 13.7. The summed E-state index contributed by atoms with van der Waals surface area (Å²) < 4.78 is 0. The Morgan fingerprint density at radius 1 is 1.00 bits per heavy atom. The zero-order valence-corrected chi connectivity index (χ0v) is 9.14. The van der Waals surface area contributed by atoms with Gasteiger partial charge in [-0.3, -0.25) is 19.8 Å². The number of nitrogens with two attached hydrogens (primary N) is 2. The molecule has 0 radical (unpaired) electrons. The lowest BCUT2D eigenvalue weighted by atomic mass is 10.3. The normalized spacial score (nSPS) is 6.88. The maximum Gasteiger partial charge on any atom is 0.303 e. The number of hydrogen-bond acceptors (Lipinski definition) is 4. The van der Waals surface area contributed by atoms with E-state index in [4.69, 9.17) is 25.5 Å². The average molecular weight is 255 g/mol. The van der Waals surface area contributed by atoms with Crippen LogP contribution in [0.5, 0.6) is 0 Å². The van der Waals surface area contributed by atoms with Gasteiger partial charge in [0.1, 0.15) is 0 Å². The second-order valence-corrected chi connectivity index (χ2v) is 2.26. The molecule has 0 aliphatic carbocycles. The van der Waals surface area contributed by atoms with Gasteiger partial charge < -0.3 is 32.3 Å². The Labute approximate surface area is 96.7 Å². The lowest BCUT2D eigenvalue weighted by Gasteiger charge is -1.85. The van der Waals surface area contributed by atoms with Gasteiger partial charge in [0.25, 0.3) is 5.97 Å². The van der Waals surface area contributed by atoms with Crippen molar-refractivity contribution in [1.82, 2.24) is 0 Å². The number of carboxylic acids is 3. The monoisotopic (exact) mass is 255 g/mol. The Balaban J connectivity index is -0.0000000806. The van der Waals surface area contributed by atoms with Crippen molar-refractivity contribution in [2.75, 3.05) is 0 Å². The summed E-state index contributed by atoms with van der Waals surface area (Å²) in [6.45, 7) is 1.08. The highest BCUT2D eigenvalue weighted by molar-refractivity contribution is 5.75. The molecule has 102 valence electrons. The van der Waals surface area contributed by atoms with E-state index in [2.05, 4.69) is 11.5 Å². The van der Waals surface area contributed by atoms with Gasteiger partial charge in [-0.2, -0.15) is 0 Å². The molecule has 0 saturated heterocycles. The molecule has 0 aliphatic rings. The number of nitrogens with one attached hydrogen (secondary N) is 1. The van der Waals surface area contributed by atoms with Gasteiger partial charge in [0.15, 0.2) is 5.96 Å². The van der Waals surface area contributed by atoms with Crippen molar-refractivity contribution in [3.05, 3.63) is 0 Å². The molecular weight excluding hydrogens is 238 g/mol. The van der Waals surface area contributed by atoms with Gasteiger partial charge in [-0.15, -0.1) is 0 Å². The molecule has 0 unspecified atom stereocenters. The number of carboxylic acid groups (broad SMARTS) is 3. The van der Waals surface area contributed by atoms with Crippen molar-refractivity contribution in [3.63, 3.8) is 0 Å². The minimum Gasteiger partial charge on any atom is -0.481 e. The zero-order valence-electron chi connectivity index (χ0n) is 9.14. The van der Waals surface area contributed by atoms with Crippen LogP contribution < -0.4 is 11.5 Å². The molecule has 0 bridgehead atoms. The number of rotatable bonds is 3. The molecular formula is C7H17N3O7. The van der Waals surface area contributed by atoms with E-state index in [-0.39, 0.29) is 24.3 Å². The summed E-state index contributed by atoms with van der Waals surface area (Å²) in [5, 5.41) is 29.3. The third kappa shape index (κ3) is 265. The Bertz CT molecular complexity index is 220. The van der Waals surface area contributed by atoms with Crippen LogP contribution in [-0.2, 0) is 14.4 Å². The molecule has 0 saturated carbocycles. The highest BCUT2D eigenvalue weighted by atomic mass is 16.4. The molecule has 0 aliphatic heterocycles. The molecule has 0 aromatic rings. The van der Waals surface area contributed by atoms with Gasteiger partial charge in [-0.1, -0.05) is 0 Å². The van der Waals surface area contributed by atoms with Crippen LogP contribution in [-0.4, -0.2) is 44.7 Å². The summed E-state index contributed by atoms with van der Waals surface area (Å²) in [5.41, 5.74) is 8.94. The van der Waals surface area contributed by atoms with E-state index in [1.165, 1.54) is 0 Å². The summed E-state index contributed by atoms with van der Waals surface area (Å²) in [4.78, 5) is 28.3. The third-order valence-electron chi connectivity index (χ3n) is 0.553. The second kappa shape index (κ2) is 16.1. The third-order valence-corrected chi connectivity index (χ3v) is 0.553. The highest BCUT2D eigenvalue weighted by Crippen LogP contribution is 1.86. The molecule has 0 atom stereocenters. The van der Waals surface area contributed by atoms with Gasteiger partial charge in [0.2, 0.25) is 0 Å². The standard InChI is InChI=1S/C4H6O4.C2H4O2.CH5N3.H2O/c5-3(6)1-2-4(7)8;1-2(3)4;2-1(3)4;/h1-2H2,(H,5,6)(H,7,8);1H3,(H,3,4);(H5,2,3,4);1H2. The smallest absolute Gasteiger partial charge is 0.303 e. The van der Waals surface area contributed by atoms with Crippen LogP contribution in [0, 0.1) is 5.41 Å². The van der Waals surface area contributed by atoms with Gasteiger partial charge in [-0.25, -0.2) is 0 Å². The van der Waals surface area contributed by atoms with E-state index in [0.717, 1.165) is 6.92 Å². The number of guanidine groups is 1. The van der Waals surface area contributed by atoms with Gasteiger partial charge in [0, 0.05) is 6.92 Å². The molecule has 0 heterocycles. The van der Waals surface area contributed by atoms with Gasteiger partial charge >= 0.3 is 11.9 Å². The highest BCUT2D eigenvalue weighted by Gasteiger charge is 2.00. The van der Waals surface area contributed by atoms with Crippen molar-refractivity contribution < 1.29 is 35.2 Å². The van der Waals surface area contributed by atoms with Crippen LogP contribution in [0.2, 0.25) is 0 Å². The fourth-order valence-corrected chi connectivity index (χ4v) is 0.214. The molecule has 0 aromatic carbocycles. The predicted molar refractivity (Wildman–Crippen MR) is 57.5 cm³/mol. The first kappa shape index (κ1) is 24.1. The summed E-state index contributed by atoms with van der Waals surface area (Å²) in [7, 11) is 0. The summed E-state index contributed by atoms with van der Waals surface area (Å²) in [5.74, 6) is -3.32. The first-order valence-electron chi connectivity index (χ1n) is 3.82. The summed E-state index contributed by atoms with van der Waals surface area (Å²) >= 11 is 0. The average Bonchev–Trinajstić information content (AvgIpc) is 1.98. The predicted octanol–water partition coefficient (Wildman–Crippen LogP) is -1.96. The number of carbonyl (C=O) groups is 3. The number of aliphatic carboxylic acids is 3. The van der Waals surface area contributed by atoms with Crippen LogP contribution >= 0.6 is 0 Å². The molecule has 0 aromatic heterocycles. The van der Waals surface area contributed by atoms with Crippen LogP contribution in [0.15, 0.2) is 0 Å². The Morgan fingerprint density at radius 3 is 1.18 bits per heavy atom. The molecule has 10 N–H and O–H groups in total. The second-order valence-electron chi connectivity index (χ2n) is 2.26. The fraction of sp³-hybridized carbons (Fsp3) is 0.429. The minimum absolute atomic E-state index is 0. The Hall–Kier alpha value is -2.36. The minimum atomic E-state index is -1.08. The molecule has 0 spiro atoms. The molecule has 10 nitrogen and oxygen atoms in total. The Kier molecular flexibility index (Phi) is 22.8. The largest absolute Gasteiger partial charge is 0.481 e. The quantitative estimate of drug-likeness (QED) is 0.245. The molecule has 17 heavy (non-hydrogen) atoms. The van der Waals surface area contributed by atoms with E-state index < -0.39 is 17.9 Å². The van der Waals surface area contributed by atoms with E-state index >= 15 is 0 Å². The lowest BCUT2D eigenvalue weighted by Crippen LogP contribution is -2.20. The van der Waals surface area contributed by atoms with E-state index in [1.54, 1.807) is 0 Å². The maximum atomic E-state index is 9.64. The van der Waals surface area contributed by atoms with Crippen molar-refractivity contribution >= 4 is 23.9 Å². The maximum absolute atomic E-state index is 9.64. The number of hydrogen-bond donors (Lipinski definition) is 6. The van der Waals surface area contributed by atoms with Crippen LogP contribution in [0.4, 0.5) is 0 Å².